The number of hydrogen-bond donors (Lipinski definition) is 0. The number of halogens is 1. The second kappa shape index (κ2) is 17.8. The predicted molar refractivity (Wildman–Crippen MR) is 144 cm³/mol. The van der Waals surface area contributed by atoms with E-state index in [1.807, 2.05) is 13.0 Å². The molecule has 4 heteroatoms. The lowest BCUT2D eigenvalue weighted by molar-refractivity contribution is 0.187. The molecule has 0 saturated heterocycles. The molecule has 2 aliphatic carbocycles. The number of rotatable bonds is 4. The molecule has 0 aliphatic heterocycles. The first-order valence-corrected chi connectivity index (χ1v) is 12.7. The van der Waals surface area contributed by atoms with Crippen molar-refractivity contribution in [3.63, 3.8) is 0 Å². The third-order valence-electron chi connectivity index (χ3n) is 6.38. The van der Waals surface area contributed by atoms with Crippen molar-refractivity contribution in [1.82, 2.24) is 4.57 Å². The van der Waals surface area contributed by atoms with Gasteiger partial charge in [0.1, 0.15) is 12.0 Å². The van der Waals surface area contributed by atoms with Gasteiger partial charge in [-0.3, -0.25) is 0 Å². The molecule has 1 heterocycles. The third-order valence-corrected chi connectivity index (χ3v) is 6.38. The highest BCUT2D eigenvalue weighted by molar-refractivity contribution is 5.53. The average Bonchev–Trinajstić information content (AvgIpc) is 3.26. The van der Waals surface area contributed by atoms with E-state index in [4.69, 9.17) is 0 Å². The molecule has 0 aromatic carbocycles. The Labute approximate surface area is 198 Å². The Balaban J connectivity index is 0.000000530. The lowest BCUT2D eigenvalue weighted by Crippen LogP contribution is -2.35. The van der Waals surface area contributed by atoms with Gasteiger partial charge in [0.2, 0.25) is 0 Å². The molecule has 32 heavy (non-hydrogen) atoms. The minimum Gasteiger partial charge on any atom is -0.320 e. The van der Waals surface area contributed by atoms with Crippen molar-refractivity contribution in [1.29, 1.82) is 0 Å². The van der Waals surface area contributed by atoms with Crippen LogP contribution in [0.3, 0.4) is 0 Å². The van der Waals surface area contributed by atoms with Gasteiger partial charge in [0.25, 0.3) is 0 Å². The van der Waals surface area contributed by atoms with Gasteiger partial charge in [-0.15, -0.1) is 0 Å². The molecule has 0 unspecified atom stereocenters. The van der Waals surface area contributed by atoms with Crippen molar-refractivity contribution in [2.75, 3.05) is 7.05 Å². The SMILES string of the molecule is C=Cc1ccc(N=C)n1C1(CC)CCCCC1.CC1CCC(F)CC1.CC=NC.CCC. The zero-order chi connectivity index (χ0) is 24.4. The van der Waals surface area contributed by atoms with E-state index in [2.05, 4.69) is 67.7 Å². The standard InChI is InChI=1S/C15H22N2.C7H13F.C3H7N.C3H8/c1-4-13-9-10-14(16-3)17(13)15(5-2)11-7-6-8-12-15;1-6-2-4-7(8)5-3-6;1-3-4-2;1-3-2/h4,9-10H,1,3,5-8,11-12H2,2H3;6-7H,2-5H2,1H3;3H,1-2H3;3H2,1-2H3. The molecule has 0 amide bonds. The number of alkyl halides is 1. The van der Waals surface area contributed by atoms with E-state index in [1.165, 1.54) is 44.2 Å². The zero-order valence-corrected chi connectivity index (χ0v) is 21.9. The molecular weight excluding hydrogens is 397 g/mol. The Morgan fingerprint density at radius 2 is 1.62 bits per heavy atom. The number of hydrogen-bond acceptors (Lipinski definition) is 2. The summed E-state index contributed by atoms with van der Waals surface area (Å²) >= 11 is 0. The van der Waals surface area contributed by atoms with Gasteiger partial charge in [0.15, 0.2) is 0 Å². The van der Waals surface area contributed by atoms with Gasteiger partial charge in [-0.1, -0.05) is 60.0 Å². The van der Waals surface area contributed by atoms with E-state index in [-0.39, 0.29) is 5.54 Å². The van der Waals surface area contributed by atoms with Crippen molar-refractivity contribution >= 4 is 24.8 Å². The summed E-state index contributed by atoms with van der Waals surface area (Å²) in [6.07, 6.45) is 15.9. The first-order chi connectivity index (χ1) is 15.4. The Morgan fingerprint density at radius 1 is 1.09 bits per heavy atom. The molecular formula is C28H50FN3. The second-order valence-corrected chi connectivity index (χ2v) is 9.03. The summed E-state index contributed by atoms with van der Waals surface area (Å²) in [7, 11) is 1.75. The third kappa shape index (κ3) is 10.3. The van der Waals surface area contributed by atoms with Gasteiger partial charge in [-0.2, -0.15) is 0 Å². The van der Waals surface area contributed by atoms with E-state index in [1.54, 1.807) is 13.3 Å². The van der Waals surface area contributed by atoms with Crippen LogP contribution in [0.5, 0.6) is 0 Å². The molecule has 3 nitrogen and oxygen atoms in total. The summed E-state index contributed by atoms with van der Waals surface area (Å²) < 4.78 is 14.7. The molecule has 184 valence electrons. The van der Waals surface area contributed by atoms with Crippen LogP contribution in [-0.2, 0) is 5.54 Å². The van der Waals surface area contributed by atoms with Gasteiger partial charge >= 0.3 is 0 Å². The molecule has 2 saturated carbocycles. The molecule has 0 N–H and O–H groups in total. The summed E-state index contributed by atoms with van der Waals surface area (Å²) in [5.41, 5.74) is 1.41. The van der Waals surface area contributed by atoms with E-state index in [0.29, 0.717) is 0 Å². The van der Waals surface area contributed by atoms with E-state index in [9.17, 15) is 4.39 Å². The molecule has 0 radical (unpaired) electrons. The van der Waals surface area contributed by atoms with Crippen LogP contribution in [0.25, 0.3) is 6.08 Å². The minimum atomic E-state index is -0.480. The summed E-state index contributed by atoms with van der Waals surface area (Å²) in [5, 5.41) is 0. The van der Waals surface area contributed by atoms with Gasteiger partial charge in [-0.05, 0) is 88.9 Å². The summed E-state index contributed by atoms with van der Waals surface area (Å²) in [6, 6.07) is 4.15. The fourth-order valence-electron chi connectivity index (χ4n) is 4.41. The maximum absolute atomic E-state index is 12.4. The van der Waals surface area contributed by atoms with Gasteiger partial charge in [-0.25, -0.2) is 9.38 Å². The number of aliphatic imine (C=N–C) groups is 2. The second-order valence-electron chi connectivity index (χ2n) is 9.03. The maximum atomic E-state index is 12.4. The Bertz CT molecular complexity index is 594. The first-order valence-electron chi connectivity index (χ1n) is 12.7. The Hall–Kier alpha value is -1.71. The smallest absolute Gasteiger partial charge is 0.132 e. The maximum Gasteiger partial charge on any atom is 0.132 e. The molecule has 0 spiro atoms. The van der Waals surface area contributed by atoms with Crippen molar-refractivity contribution in [2.45, 2.75) is 117 Å². The van der Waals surface area contributed by atoms with Crippen LogP contribution in [0.4, 0.5) is 10.2 Å². The number of nitrogens with zero attached hydrogens (tertiary/aromatic N) is 3. The van der Waals surface area contributed by atoms with Gasteiger partial charge in [0.05, 0.1) is 0 Å². The molecule has 1 aromatic rings. The summed E-state index contributed by atoms with van der Waals surface area (Å²) in [5.74, 6) is 1.77. The van der Waals surface area contributed by atoms with Crippen LogP contribution in [0.15, 0.2) is 28.7 Å². The van der Waals surface area contributed by atoms with Gasteiger partial charge in [0, 0.05) is 18.3 Å². The highest BCUT2D eigenvalue weighted by Crippen LogP contribution is 2.42. The van der Waals surface area contributed by atoms with Crippen molar-refractivity contribution in [2.24, 2.45) is 15.9 Å². The van der Waals surface area contributed by atoms with E-state index < -0.39 is 6.17 Å². The number of aromatic nitrogens is 1. The Morgan fingerprint density at radius 3 is 2.00 bits per heavy atom. The Kier molecular flexibility index (Phi) is 16.8. The van der Waals surface area contributed by atoms with Crippen LogP contribution < -0.4 is 0 Å². The summed E-state index contributed by atoms with van der Waals surface area (Å²) in [6.45, 7) is 18.2. The van der Waals surface area contributed by atoms with E-state index in [0.717, 1.165) is 43.8 Å². The van der Waals surface area contributed by atoms with Crippen LogP contribution >= 0.6 is 0 Å². The summed E-state index contributed by atoms with van der Waals surface area (Å²) in [4.78, 5) is 7.78. The topological polar surface area (TPSA) is 29.6 Å². The van der Waals surface area contributed by atoms with Crippen LogP contribution in [0.1, 0.15) is 111 Å². The monoisotopic (exact) mass is 447 g/mol. The minimum absolute atomic E-state index is 0.238. The highest BCUT2D eigenvalue weighted by Gasteiger charge is 2.34. The largest absolute Gasteiger partial charge is 0.320 e. The fraction of sp³-hybridized carbons (Fsp3) is 0.714. The molecule has 0 atom stereocenters. The lowest BCUT2D eigenvalue weighted by Gasteiger charge is -2.40. The van der Waals surface area contributed by atoms with E-state index >= 15 is 0 Å². The molecule has 2 fully saturated rings. The molecule has 0 bridgehead atoms. The average molecular weight is 448 g/mol. The molecule has 2 aliphatic rings. The predicted octanol–water partition coefficient (Wildman–Crippen LogP) is 9.19. The highest BCUT2D eigenvalue weighted by atomic mass is 19.1. The van der Waals surface area contributed by atoms with Crippen molar-refractivity contribution in [3.05, 3.63) is 24.4 Å². The fourth-order valence-corrected chi connectivity index (χ4v) is 4.41. The lowest BCUT2D eigenvalue weighted by atomic mass is 9.79. The normalized spacial score (nSPS) is 21.7. The van der Waals surface area contributed by atoms with Crippen molar-refractivity contribution in [3.8, 4) is 0 Å². The van der Waals surface area contributed by atoms with Crippen LogP contribution in [0, 0.1) is 5.92 Å². The van der Waals surface area contributed by atoms with Crippen LogP contribution in [0.2, 0.25) is 0 Å². The van der Waals surface area contributed by atoms with Crippen LogP contribution in [-0.4, -0.2) is 30.7 Å². The quantitative estimate of drug-likeness (QED) is 0.412. The molecule has 3 rings (SSSR count). The van der Waals surface area contributed by atoms with Gasteiger partial charge < -0.3 is 9.56 Å². The first kappa shape index (κ1) is 30.3. The van der Waals surface area contributed by atoms with Crippen molar-refractivity contribution < 1.29 is 4.39 Å². The molecule has 1 aromatic heterocycles. The zero-order valence-electron chi connectivity index (χ0n) is 21.9.